The van der Waals surface area contributed by atoms with Gasteiger partial charge in [-0.1, -0.05) is 32.1 Å². The minimum atomic E-state index is 0.231. The lowest BCUT2D eigenvalue weighted by atomic mass is 9.87. The van der Waals surface area contributed by atoms with E-state index in [4.69, 9.17) is 4.98 Å². The fraction of sp³-hybridized carbons (Fsp3) is 0.517. The van der Waals surface area contributed by atoms with Gasteiger partial charge in [-0.05, 0) is 92.5 Å². The summed E-state index contributed by atoms with van der Waals surface area (Å²) < 4.78 is 4.23. The maximum Gasteiger partial charge on any atom is 0.254 e. The van der Waals surface area contributed by atoms with Crippen LogP contribution in [-0.2, 0) is 32.2 Å². The Balaban J connectivity index is 1.26. The van der Waals surface area contributed by atoms with Gasteiger partial charge in [0.1, 0.15) is 0 Å². The van der Waals surface area contributed by atoms with Gasteiger partial charge in [0.2, 0.25) is 5.78 Å². The second kappa shape index (κ2) is 9.09. The highest BCUT2D eigenvalue weighted by molar-refractivity contribution is 5.82. The van der Waals surface area contributed by atoms with Crippen molar-refractivity contribution < 1.29 is 0 Å². The van der Waals surface area contributed by atoms with Gasteiger partial charge in [-0.15, -0.1) is 0 Å². The van der Waals surface area contributed by atoms with E-state index < -0.39 is 0 Å². The molecule has 0 saturated heterocycles. The van der Waals surface area contributed by atoms with Gasteiger partial charge in [0.05, 0.1) is 11.2 Å². The first kappa shape index (κ1) is 21.7. The standard InChI is InChI=1S/C29H36N4O/c1-20-18-30-29-31-26(19-33(20)29)12-6-11-24-16-25-15-22-9-5-10-23(22)17-27(25)32(28(24)34)14-13-21-7-3-2-4-8-21/h15-19,21H,2-14H2,1H3,(H,30,31). The van der Waals surface area contributed by atoms with E-state index in [0.29, 0.717) is 0 Å². The number of aromatic amines is 1. The van der Waals surface area contributed by atoms with Crippen LogP contribution in [0.15, 0.2) is 35.4 Å². The van der Waals surface area contributed by atoms with Crippen molar-refractivity contribution >= 4 is 16.7 Å². The number of pyridine rings is 1. The number of hydrogen-bond acceptors (Lipinski definition) is 2. The summed E-state index contributed by atoms with van der Waals surface area (Å²) in [6.45, 7) is 2.94. The lowest BCUT2D eigenvalue weighted by Gasteiger charge is -2.22. The van der Waals surface area contributed by atoms with Crippen LogP contribution in [0.4, 0.5) is 0 Å². The molecule has 2 aliphatic carbocycles. The molecule has 5 nitrogen and oxygen atoms in total. The van der Waals surface area contributed by atoms with Crippen LogP contribution in [0.5, 0.6) is 0 Å². The second-order valence-corrected chi connectivity index (χ2v) is 10.7. The zero-order valence-electron chi connectivity index (χ0n) is 20.4. The summed E-state index contributed by atoms with van der Waals surface area (Å²) in [6, 6.07) is 6.90. The maximum absolute atomic E-state index is 13.7. The Morgan fingerprint density at radius 1 is 1.03 bits per heavy atom. The van der Waals surface area contributed by atoms with Gasteiger partial charge < -0.3 is 9.55 Å². The molecule has 0 spiro atoms. The first-order chi connectivity index (χ1) is 16.7. The van der Waals surface area contributed by atoms with E-state index in [0.717, 1.165) is 72.8 Å². The normalized spacial score (nSPS) is 16.6. The van der Waals surface area contributed by atoms with Crippen LogP contribution < -0.4 is 5.56 Å². The highest BCUT2D eigenvalue weighted by Crippen LogP contribution is 2.30. The molecule has 0 aliphatic heterocycles. The molecule has 1 fully saturated rings. The summed E-state index contributed by atoms with van der Waals surface area (Å²) in [5.74, 6) is 1.68. The Hall–Kier alpha value is -2.82. The van der Waals surface area contributed by atoms with Crippen molar-refractivity contribution in [1.82, 2.24) is 18.9 Å². The number of imidazole rings is 2. The highest BCUT2D eigenvalue weighted by Gasteiger charge is 2.18. The van der Waals surface area contributed by atoms with E-state index in [-0.39, 0.29) is 5.56 Å². The zero-order chi connectivity index (χ0) is 23.1. The van der Waals surface area contributed by atoms with Crippen molar-refractivity contribution in [2.45, 2.75) is 90.5 Å². The number of aryl methyl sites for hydroxylation is 6. The molecule has 6 rings (SSSR count). The Labute approximate surface area is 201 Å². The van der Waals surface area contributed by atoms with Gasteiger partial charge in [-0.25, -0.2) is 4.98 Å². The van der Waals surface area contributed by atoms with E-state index in [1.165, 1.54) is 61.5 Å². The van der Waals surface area contributed by atoms with Gasteiger partial charge in [-0.3, -0.25) is 9.20 Å². The zero-order valence-corrected chi connectivity index (χ0v) is 20.4. The van der Waals surface area contributed by atoms with Crippen molar-refractivity contribution in [2.75, 3.05) is 0 Å². The second-order valence-electron chi connectivity index (χ2n) is 10.7. The average molecular weight is 457 g/mol. The fourth-order valence-corrected chi connectivity index (χ4v) is 6.32. The van der Waals surface area contributed by atoms with Gasteiger partial charge in [0.25, 0.3) is 5.56 Å². The molecule has 0 amide bonds. The number of nitrogens with zero attached hydrogens (tertiary/aromatic N) is 3. The molecule has 1 N–H and O–H groups in total. The van der Waals surface area contributed by atoms with Crippen molar-refractivity contribution in [3.63, 3.8) is 0 Å². The molecule has 3 heterocycles. The van der Waals surface area contributed by atoms with Gasteiger partial charge in [0, 0.05) is 30.2 Å². The molecule has 0 bridgehead atoms. The molecular formula is C29H36N4O. The van der Waals surface area contributed by atoms with Crippen LogP contribution in [0.3, 0.4) is 0 Å². The molecule has 1 saturated carbocycles. The number of hydrogen-bond donors (Lipinski definition) is 1. The summed E-state index contributed by atoms with van der Waals surface area (Å²) >= 11 is 0. The SMILES string of the molecule is Cc1c[nH]c2nc(CCCc3cc4cc5c(cc4n(CCC4CCCCC4)c3=O)CCC5)cn12. The molecule has 178 valence electrons. The van der Waals surface area contributed by atoms with E-state index in [1.807, 2.05) is 6.20 Å². The minimum absolute atomic E-state index is 0.231. The third-order valence-electron chi connectivity index (χ3n) is 8.29. The van der Waals surface area contributed by atoms with Gasteiger partial charge in [-0.2, -0.15) is 0 Å². The lowest BCUT2D eigenvalue weighted by Crippen LogP contribution is -2.26. The maximum atomic E-state index is 13.7. The Kier molecular flexibility index (Phi) is 5.80. The van der Waals surface area contributed by atoms with E-state index in [1.54, 1.807) is 0 Å². The predicted molar refractivity (Wildman–Crippen MR) is 138 cm³/mol. The number of rotatable bonds is 7. The third kappa shape index (κ3) is 4.10. The van der Waals surface area contributed by atoms with Crippen molar-refractivity contribution in [2.24, 2.45) is 5.92 Å². The van der Waals surface area contributed by atoms with Crippen LogP contribution in [0.2, 0.25) is 0 Å². The predicted octanol–water partition coefficient (Wildman–Crippen LogP) is 5.92. The van der Waals surface area contributed by atoms with E-state index >= 15 is 0 Å². The average Bonchev–Trinajstić information content (AvgIpc) is 3.56. The highest BCUT2D eigenvalue weighted by atomic mass is 16.1. The molecule has 0 radical (unpaired) electrons. The molecule has 5 heteroatoms. The monoisotopic (exact) mass is 456 g/mol. The molecule has 0 atom stereocenters. The van der Waals surface area contributed by atoms with Crippen LogP contribution in [0.1, 0.15) is 79.4 Å². The molecule has 0 unspecified atom stereocenters. The Bertz CT molecular complexity index is 1380. The number of aromatic nitrogens is 4. The van der Waals surface area contributed by atoms with Gasteiger partial charge >= 0.3 is 0 Å². The molecule has 4 aromatic rings. The Morgan fingerprint density at radius 2 is 1.85 bits per heavy atom. The van der Waals surface area contributed by atoms with E-state index in [9.17, 15) is 4.79 Å². The molecule has 1 aromatic carbocycles. The summed E-state index contributed by atoms with van der Waals surface area (Å²) in [6.07, 6.45) is 18.2. The fourth-order valence-electron chi connectivity index (χ4n) is 6.32. The summed E-state index contributed by atoms with van der Waals surface area (Å²) in [7, 11) is 0. The van der Waals surface area contributed by atoms with Crippen LogP contribution in [0, 0.1) is 12.8 Å². The van der Waals surface area contributed by atoms with Crippen molar-refractivity contribution in [1.29, 1.82) is 0 Å². The summed E-state index contributed by atoms with van der Waals surface area (Å²) in [5.41, 5.74) is 7.55. The van der Waals surface area contributed by atoms with Gasteiger partial charge in [0.15, 0.2) is 0 Å². The molecular weight excluding hydrogens is 420 g/mol. The van der Waals surface area contributed by atoms with Crippen molar-refractivity contribution in [3.8, 4) is 0 Å². The minimum Gasteiger partial charge on any atom is -0.330 e. The lowest BCUT2D eigenvalue weighted by molar-refractivity contribution is 0.324. The van der Waals surface area contributed by atoms with Crippen LogP contribution >= 0.6 is 0 Å². The number of benzene rings is 1. The largest absolute Gasteiger partial charge is 0.330 e. The van der Waals surface area contributed by atoms with Crippen molar-refractivity contribution in [3.05, 3.63) is 69.0 Å². The number of fused-ring (bicyclic) bond motifs is 3. The number of nitrogens with one attached hydrogen (secondary N) is 1. The molecule has 34 heavy (non-hydrogen) atoms. The quantitative estimate of drug-likeness (QED) is 0.375. The number of H-pyrrole nitrogens is 1. The molecule has 2 aliphatic rings. The summed E-state index contributed by atoms with van der Waals surface area (Å²) in [5, 5.41) is 1.25. The van der Waals surface area contributed by atoms with Crippen LogP contribution in [-0.4, -0.2) is 18.9 Å². The Morgan fingerprint density at radius 3 is 2.68 bits per heavy atom. The van der Waals surface area contributed by atoms with E-state index in [2.05, 4.69) is 45.3 Å². The topological polar surface area (TPSA) is 55.1 Å². The first-order valence-electron chi connectivity index (χ1n) is 13.4. The first-order valence-corrected chi connectivity index (χ1v) is 13.4. The smallest absolute Gasteiger partial charge is 0.254 e. The van der Waals surface area contributed by atoms with Crippen LogP contribution in [0.25, 0.3) is 16.7 Å². The third-order valence-corrected chi connectivity index (χ3v) is 8.29. The summed E-state index contributed by atoms with van der Waals surface area (Å²) in [4.78, 5) is 21.6. The molecule has 3 aromatic heterocycles.